The number of hydrogen-bond acceptors (Lipinski definition) is 8. The molecule has 38 heavy (non-hydrogen) atoms. The molecule has 1 aliphatic rings. The minimum Gasteiger partial charge on any atom is -0.496 e. The molecule has 2 aromatic carbocycles. The largest absolute Gasteiger partial charge is 0.496 e. The quantitative estimate of drug-likeness (QED) is 0.286. The maximum Gasteiger partial charge on any atom is 0.162 e. The summed E-state index contributed by atoms with van der Waals surface area (Å²) in [6, 6.07) is 15.6. The minimum atomic E-state index is -0.765. The van der Waals surface area contributed by atoms with Crippen LogP contribution in [0.15, 0.2) is 53.1 Å². The van der Waals surface area contributed by atoms with Crippen molar-refractivity contribution in [3.63, 3.8) is 0 Å². The monoisotopic (exact) mass is 532 g/mol. The number of fused-ring (bicyclic) bond motifs is 1. The zero-order valence-corrected chi connectivity index (χ0v) is 22.2. The average molecular weight is 533 g/mol. The zero-order chi connectivity index (χ0) is 26.8. The highest BCUT2D eigenvalue weighted by molar-refractivity contribution is 6.34. The molecule has 2 N–H and O–H groups in total. The molecule has 1 aliphatic heterocycles. The Balaban J connectivity index is 1.54. The molecular formula is C29H29ClN4O4. The number of hydrogen-bond donors (Lipinski definition) is 2. The van der Waals surface area contributed by atoms with Gasteiger partial charge in [0.2, 0.25) is 0 Å². The summed E-state index contributed by atoms with van der Waals surface area (Å²) in [5.74, 6) is 1.11. The number of nitrogens with one attached hydrogen (secondary N) is 1. The molecule has 0 aliphatic carbocycles. The van der Waals surface area contributed by atoms with E-state index in [4.69, 9.17) is 25.5 Å². The predicted molar refractivity (Wildman–Crippen MR) is 147 cm³/mol. The van der Waals surface area contributed by atoms with Crippen LogP contribution in [-0.4, -0.2) is 55.5 Å². The fourth-order valence-electron chi connectivity index (χ4n) is 4.71. The van der Waals surface area contributed by atoms with Crippen LogP contribution in [0.25, 0.3) is 33.6 Å². The number of benzene rings is 2. The van der Waals surface area contributed by atoms with Crippen LogP contribution < -0.4 is 10.1 Å². The summed E-state index contributed by atoms with van der Waals surface area (Å²) < 4.78 is 17.4. The SMILES string of the molecule is COc1cc(C(O)N(C)C)ccc1-c1cc2ncc(Cl)c(-c3ccc(NC4CCOCC4)c(C#N)c3)c2o1. The third-order valence-corrected chi connectivity index (χ3v) is 7.07. The molecule has 2 aromatic heterocycles. The van der Waals surface area contributed by atoms with E-state index in [1.165, 1.54) is 0 Å². The zero-order valence-electron chi connectivity index (χ0n) is 21.5. The molecule has 0 spiro atoms. The molecule has 0 saturated carbocycles. The summed E-state index contributed by atoms with van der Waals surface area (Å²) in [7, 11) is 5.17. The molecule has 0 amide bonds. The van der Waals surface area contributed by atoms with Crippen LogP contribution in [0.2, 0.25) is 5.02 Å². The molecule has 196 valence electrons. The van der Waals surface area contributed by atoms with E-state index < -0.39 is 6.23 Å². The maximum absolute atomic E-state index is 10.4. The Morgan fingerprint density at radius 3 is 2.68 bits per heavy atom. The van der Waals surface area contributed by atoms with E-state index >= 15 is 0 Å². The van der Waals surface area contributed by atoms with E-state index in [1.807, 2.05) is 36.4 Å². The van der Waals surface area contributed by atoms with Crippen LogP contribution in [0.4, 0.5) is 5.69 Å². The summed E-state index contributed by atoms with van der Waals surface area (Å²) in [6.45, 7) is 1.43. The average Bonchev–Trinajstić information content (AvgIpc) is 3.37. The smallest absolute Gasteiger partial charge is 0.162 e. The first-order valence-corrected chi connectivity index (χ1v) is 12.8. The number of nitrogens with zero attached hydrogens (tertiary/aromatic N) is 3. The third kappa shape index (κ3) is 5.06. The summed E-state index contributed by atoms with van der Waals surface area (Å²) in [6.07, 6.45) is 2.62. The number of furan rings is 1. The van der Waals surface area contributed by atoms with Crippen molar-refractivity contribution in [2.45, 2.75) is 25.1 Å². The topological polar surface area (TPSA) is 104 Å². The van der Waals surface area contributed by atoms with E-state index in [2.05, 4.69) is 16.4 Å². The van der Waals surface area contributed by atoms with Crippen molar-refractivity contribution in [3.05, 3.63) is 64.8 Å². The van der Waals surface area contributed by atoms with Crippen molar-refractivity contribution in [1.29, 1.82) is 5.26 Å². The molecule has 4 aromatic rings. The van der Waals surface area contributed by atoms with Gasteiger partial charge in [0.25, 0.3) is 0 Å². The molecule has 3 heterocycles. The second kappa shape index (κ2) is 11.0. The third-order valence-electron chi connectivity index (χ3n) is 6.78. The fourth-order valence-corrected chi connectivity index (χ4v) is 4.95. The highest BCUT2D eigenvalue weighted by Gasteiger charge is 2.21. The van der Waals surface area contributed by atoms with E-state index in [1.54, 1.807) is 38.4 Å². The molecule has 1 saturated heterocycles. The Kier molecular flexibility index (Phi) is 7.54. The van der Waals surface area contributed by atoms with E-state index in [9.17, 15) is 10.4 Å². The van der Waals surface area contributed by atoms with Gasteiger partial charge in [-0.05, 0) is 62.3 Å². The van der Waals surface area contributed by atoms with Crippen molar-refractivity contribution in [1.82, 2.24) is 9.88 Å². The second-order valence-electron chi connectivity index (χ2n) is 9.51. The maximum atomic E-state index is 10.4. The lowest BCUT2D eigenvalue weighted by Gasteiger charge is -2.24. The van der Waals surface area contributed by atoms with Crippen LogP contribution >= 0.6 is 11.6 Å². The first-order valence-electron chi connectivity index (χ1n) is 12.4. The van der Waals surface area contributed by atoms with Gasteiger partial charge in [-0.15, -0.1) is 0 Å². The van der Waals surface area contributed by atoms with Gasteiger partial charge in [0.15, 0.2) is 5.58 Å². The van der Waals surface area contributed by atoms with Crippen molar-refractivity contribution in [3.8, 4) is 34.3 Å². The Morgan fingerprint density at radius 2 is 1.97 bits per heavy atom. The number of aliphatic hydroxyl groups is 1. The van der Waals surface area contributed by atoms with Crippen LogP contribution in [-0.2, 0) is 4.74 Å². The van der Waals surface area contributed by atoms with Gasteiger partial charge in [-0.25, -0.2) is 0 Å². The number of anilines is 1. The lowest BCUT2D eigenvalue weighted by molar-refractivity contribution is 0.0394. The summed E-state index contributed by atoms with van der Waals surface area (Å²) >= 11 is 6.64. The van der Waals surface area contributed by atoms with Crippen LogP contribution in [0.1, 0.15) is 30.2 Å². The molecule has 1 unspecified atom stereocenters. The van der Waals surface area contributed by atoms with Gasteiger partial charge in [0.1, 0.15) is 29.3 Å². The number of aliphatic hydroxyl groups excluding tert-OH is 1. The van der Waals surface area contributed by atoms with Gasteiger partial charge >= 0.3 is 0 Å². The minimum absolute atomic E-state index is 0.269. The molecule has 1 fully saturated rings. The Morgan fingerprint density at radius 1 is 1.18 bits per heavy atom. The number of nitriles is 1. The highest BCUT2D eigenvalue weighted by atomic mass is 35.5. The summed E-state index contributed by atoms with van der Waals surface area (Å²) in [5.41, 5.74) is 5.29. The molecule has 9 heteroatoms. The van der Waals surface area contributed by atoms with Gasteiger partial charge in [-0.2, -0.15) is 5.26 Å². The Bertz CT molecular complexity index is 1500. The number of halogens is 1. The molecular weight excluding hydrogens is 504 g/mol. The summed E-state index contributed by atoms with van der Waals surface area (Å²) in [4.78, 5) is 6.17. The number of pyridine rings is 1. The van der Waals surface area contributed by atoms with Crippen LogP contribution in [0, 0.1) is 11.3 Å². The molecule has 0 radical (unpaired) electrons. The van der Waals surface area contributed by atoms with Gasteiger partial charge < -0.3 is 24.3 Å². The van der Waals surface area contributed by atoms with E-state index in [0.29, 0.717) is 57.5 Å². The molecule has 0 bridgehead atoms. The lowest BCUT2D eigenvalue weighted by Crippen LogP contribution is -2.28. The first kappa shape index (κ1) is 26.0. The van der Waals surface area contributed by atoms with Gasteiger partial charge in [-0.3, -0.25) is 9.88 Å². The van der Waals surface area contributed by atoms with Crippen LogP contribution in [0.3, 0.4) is 0 Å². The molecule has 5 rings (SSSR count). The van der Waals surface area contributed by atoms with Crippen molar-refractivity contribution >= 4 is 28.4 Å². The number of ether oxygens (including phenoxy) is 2. The van der Waals surface area contributed by atoms with Crippen molar-refractivity contribution in [2.75, 3.05) is 39.7 Å². The highest BCUT2D eigenvalue weighted by Crippen LogP contribution is 2.41. The lowest BCUT2D eigenvalue weighted by atomic mass is 10.0. The van der Waals surface area contributed by atoms with Crippen molar-refractivity contribution in [2.24, 2.45) is 0 Å². The fraction of sp³-hybridized carbons (Fsp3) is 0.310. The van der Waals surface area contributed by atoms with Gasteiger partial charge in [0, 0.05) is 37.1 Å². The van der Waals surface area contributed by atoms with Crippen LogP contribution in [0.5, 0.6) is 5.75 Å². The summed E-state index contributed by atoms with van der Waals surface area (Å²) in [5, 5.41) is 24.2. The standard InChI is InChI=1S/C29H29ClN4O4/c1-34(2)29(35)18-4-6-21(25(13-18)36-3)26-14-24-28(38-26)27(22(30)16-32-24)17-5-7-23(19(12-17)15-31)33-20-8-10-37-11-9-20/h4-7,12-14,16,20,29,33,35H,8-11H2,1-3H3. The first-order chi connectivity index (χ1) is 18.4. The number of methoxy groups -OCH3 is 1. The second-order valence-corrected chi connectivity index (χ2v) is 9.91. The van der Waals surface area contributed by atoms with E-state index in [0.717, 1.165) is 29.7 Å². The number of rotatable bonds is 7. The molecule has 1 atom stereocenters. The Hall–Kier alpha value is -3.61. The van der Waals surface area contributed by atoms with Gasteiger partial charge in [-0.1, -0.05) is 23.7 Å². The molecule has 8 nitrogen and oxygen atoms in total. The normalized spacial score (nSPS) is 15.0. The number of aromatic nitrogens is 1. The van der Waals surface area contributed by atoms with Gasteiger partial charge in [0.05, 0.1) is 28.9 Å². The van der Waals surface area contributed by atoms with E-state index in [-0.39, 0.29) is 6.04 Å². The Labute approximate surface area is 226 Å². The van der Waals surface area contributed by atoms with Crippen molar-refractivity contribution < 1.29 is 19.0 Å². The predicted octanol–water partition coefficient (Wildman–Crippen LogP) is 5.84.